The molecule has 0 N–H and O–H groups in total. The van der Waals surface area contributed by atoms with Crippen LogP contribution < -0.4 is 4.90 Å². The highest BCUT2D eigenvalue weighted by atomic mass is 16.6. The van der Waals surface area contributed by atoms with E-state index >= 15 is 0 Å². The Kier molecular flexibility index (Phi) is 6.11. The Morgan fingerprint density at radius 1 is 1.27 bits per heavy atom. The predicted molar refractivity (Wildman–Crippen MR) is 103 cm³/mol. The van der Waals surface area contributed by atoms with Gasteiger partial charge in [0.05, 0.1) is 12.3 Å². The Balaban J connectivity index is 2.29. The normalized spacial score (nSPS) is 14.4. The van der Waals surface area contributed by atoms with E-state index in [1.165, 1.54) is 0 Å². The molecule has 2 rings (SSSR count). The van der Waals surface area contributed by atoms with Crippen LogP contribution in [0.3, 0.4) is 0 Å². The maximum atomic E-state index is 12.4. The van der Waals surface area contributed by atoms with Gasteiger partial charge in [-0.3, -0.25) is 4.90 Å². The van der Waals surface area contributed by atoms with Crippen molar-refractivity contribution in [3.63, 3.8) is 0 Å². The summed E-state index contributed by atoms with van der Waals surface area (Å²) in [5, 5.41) is 0. The first-order valence-corrected chi connectivity index (χ1v) is 9.14. The summed E-state index contributed by atoms with van der Waals surface area (Å²) in [6, 6.07) is 5.94. The molecule has 1 aliphatic heterocycles. The quantitative estimate of drug-likeness (QED) is 0.583. The Labute approximate surface area is 156 Å². The second-order valence-corrected chi connectivity index (χ2v) is 7.73. The fraction of sp³-hybridized carbons (Fsp3) is 0.524. The largest absolute Gasteiger partial charge is 0.463 e. The monoisotopic (exact) mass is 359 g/mol. The van der Waals surface area contributed by atoms with Crippen molar-refractivity contribution < 1.29 is 19.1 Å². The maximum Gasteiger partial charge on any atom is 0.414 e. The maximum absolute atomic E-state index is 12.4. The molecule has 0 aromatic heterocycles. The molecular formula is C21H29NO4. The number of ether oxygens (including phenoxy) is 2. The van der Waals surface area contributed by atoms with E-state index in [1.54, 1.807) is 17.9 Å². The molecule has 0 saturated carbocycles. The molecule has 0 unspecified atom stereocenters. The van der Waals surface area contributed by atoms with Crippen LogP contribution >= 0.6 is 0 Å². The molecule has 142 valence electrons. The number of hydrogen-bond donors (Lipinski definition) is 0. The van der Waals surface area contributed by atoms with E-state index in [0.717, 1.165) is 28.8 Å². The fourth-order valence-corrected chi connectivity index (χ4v) is 2.98. The van der Waals surface area contributed by atoms with Crippen LogP contribution in [0.4, 0.5) is 10.5 Å². The Bertz CT molecular complexity index is 713. The Morgan fingerprint density at radius 2 is 1.96 bits per heavy atom. The molecule has 0 saturated heterocycles. The van der Waals surface area contributed by atoms with Gasteiger partial charge in [0.2, 0.25) is 0 Å². The lowest BCUT2D eigenvalue weighted by atomic mass is 9.93. The van der Waals surface area contributed by atoms with Gasteiger partial charge in [-0.1, -0.05) is 19.9 Å². The second kappa shape index (κ2) is 7.94. The number of benzene rings is 1. The Morgan fingerprint density at radius 3 is 2.54 bits per heavy atom. The summed E-state index contributed by atoms with van der Waals surface area (Å²) in [4.78, 5) is 25.9. The van der Waals surface area contributed by atoms with Gasteiger partial charge >= 0.3 is 12.1 Å². The van der Waals surface area contributed by atoms with Crippen molar-refractivity contribution in [3.05, 3.63) is 35.4 Å². The van der Waals surface area contributed by atoms with Crippen LogP contribution in [0.5, 0.6) is 0 Å². The van der Waals surface area contributed by atoms with Gasteiger partial charge in [0.25, 0.3) is 0 Å². The minimum Gasteiger partial charge on any atom is -0.463 e. The molecule has 5 nitrogen and oxygen atoms in total. The summed E-state index contributed by atoms with van der Waals surface area (Å²) in [5.74, 6) is -0.145. The molecule has 0 radical (unpaired) electrons. The van der Waals surface area contributed by atoms with Gasteiger partial charge in [0.15, 0.2) is 0 Å². The molecule has 0 aliphatic carbocycles. The van der Waals surface area contributed by atoms with Crippen LogP contribution in [0, 0.1) is 5.92 Å². The zero-order valence-electron chi connectivity index (χ0n) is 16.6. The zero-order valence-corrected chi connectivity index (χ0v) is 16.6. The SMILES string of the molecule is CCOC(=O)C=C(c1ccc2c(c1)CCN2C(=O)OC(C)(C)C)C(C)C. The van der Waals surface area contributed by atoms with Gasteiger partial charge in [-0.2, -0.15) is 0 Å². The molecule has 1 aliphatic rings. The molecule has 1 amide bonds. The van der Waals surface area contributed by atoms with Crippen LogP contribution in [-0.2, 0) is 20.7 Å². The van der Waals surface area contributed by atoms with Crippen molar-refractivity contribution in [1.82, 2.24) is 0 Å². The van der Waals surface area contributed by atoms with E-state index in [1.807, 2.05) is 46.8 Å². The molecular weight excluding hydrogens is 330 g/mol. The van der Waals surface area contributed by atoms with E-state index in [0.29, 0.717) is 13.2 Å². The third kappa shape index (κ3) is 4.87. The highest BCUT2D eigenvalue weighted by Gasteiger charge is 2.29. The number of allylic oxidation sites excluding steroid dienone is 1. The summed E-state index contributed by atoms with van der Waals surface area (Å²) >= 11 is 0. The summed E-state index contributed by atoms with van der Waals surface area (Å²) in [7, 11) is 0. The first-order chi connectivity index (χ1) is 12.1. The topological polar surface area (TPSA) is 55.8 Å². The Hall–Kier alpha value is -2.30. The number of hydrogen-bond acceptors (Lipinski definition) is 4. The highest BCUT2D eigenvalue weighted by molar-refractivity contribution is 5.94. The van der Waals surface area contributed by atoms with Gasteiger partial charge in [-0.05, 0) is 68.9 Å². The number of rotatable bonds is 4. The highest BCUT2D eigenvalue weighted by Crippen LogP contribution is 2.33. The van der Waals surface area contributed by atoms with Crippen LogP contribution in [0.15, 0.2) is 24.3 Å². The number of amides is 1. The first kappa shape index (κ1) is 20.0. The molecule has 26 heavy (non-hydrogen) atoms. The van der Waals surface area contributed by atoms with E-state index < -0.39 is 5.60 Å². The third-order valence-electron chi connectivity index (χ3n) is 4.10. The average Bonchev–Trinajstić information content (AvgIpc) is 2.94. The summed E-state index contributed by atoms with van der Waals surface area (Å²) in [5.41, 5.74) is 3.36. The van der Waals surface area contributed by atoms with Crippen molar-refractivity contribution >= 4 is 23.3 Å². The predicted octanol–water partition coefficient (Wildman–Crippen LogP) is 4.59. The van der Waals surface area contributed by atoms with E-state index in [-0.39, 0.29) is 18.0 Å². The van der Waals surface area contributed by atoms with Crippen molar-refractivity contribution in [3.8, 4) is 0 Å². The lowest BCUT2D eigenvalue weighted by molar-refractivity contribution is -0.137. The minimum absolute atomic E-state index is 0.181. The lowest BCUT2D eigenvalue weighted by Gasteiger charge is -2.25. The molecule has 0 fully saturated rings. The first-order valence-electron chi connectivity index (χ1n) is 9.14. The van der Waals surface area contributed by atoms with Gasteiger partial charge in [-0.15, -0.1) is 0 Å². The van der Waals surface area contributed by atoms with Crippen LogP contribution in [0.25, 0.3) is 5.57 Å². The summed E-state index contributed by atoms with van der Waals surface area (Å²) in [6.07, 6.45) is 2.01. The van der Waals surface area contributed by atoms with Gasteiger partial charge < -0.3 is 9.47 Å². The number of fused-ring (bicyclic) bond motifs is 1. The van der Waals surface area contributed by atoms with Crippen molar-refractivity contribution in [1.29, 1.82) is 0 Å². The number of nitrogens with zero attached hydrogens (tertiary/aromatic N) is 1. The number of carbonyl (C=O) groups excluding carboxylic acids is 2. The van der Waals surface area contributed by atoms with E-state index in [9.17, 15) is 9.59 Å². The molecule has 1 aromatic rings. The van der Waals surface area contributed by atoms with Crippen LogP contribution in [-0.4, -0.2) is 30.8 Å². The van der Waals surface area contributed by atoms with Crippen LogP contribution in [0.1, 0.15) is 52.7 Å². The second-order valence-electron chi connectivity index (χ2n) is 7.73. The smallest absolute Gasteiger partial charge is 0.414 e. The average molecular weight is 359 g/mol. The lowest BCUT2D eigenvalue weighted by Crippen LogP contribution is -2.35. The molecule has 0 atom stereocenters. The van der Waals surface area contributed by atoms with Crippen molar-refractivity contribution in [2.45, 2.75) is 53.6 Å². The van der Waals surface area contributed by atoms with Crippen molar-refractivity contribution in [2.24, 2.45) is 5.92 Å². The number of esters is 1. The fourth-order valence-electron chi connectivity index (χ4n) is 2.98. The molecule has 1 heterocycles. The van der Waals surface area contributed by atoms with Gasteiger partial charge in [-0.25, -0.2) is 9.59 Å². The van der Waals surface area contributed by atoms with Crippen LogP contribution in [0.2, 0.25) is 0 Å². The summed E-state index contributed by atoms with van der Waals surface area (Å²) in [6.45, 7) is 12.4. The summed E-state index contributed by atoms with van der Waals surface area (Å²) < 4.78 is 10.5. The molecule has 5 heteroatoms. The molecule has 1 aromatic carbocycles. The number of carbonyl (C=O) groups is 2. The minimum atomic E-state index is -0.521. The van der Waals surface area contributed by atoms with E-state index in [4.69, 9.17) is 9.47 Å². The third-order valence-corrected chi connectivity index (χ3v) is 4.10. The van der Waals surface area contributed by atoms with Gasteiger partial charge in [0, 0.05) is 12.6 Å². The standard InChI is InChI=1S/C21H29NO4/c1-7-25-19(23)13-17(14(2)3)15-8-9-18-16(12-15)10-11-22(18)20(24)26-21(4,5)6/h8-9,12-14H,7,10-11H2,1-6H3. The molecule has 0 bridgehead atoms. The molecule has 0 spiro atoms. The van der Waals surface area contributed by atoms with E-state index in [2.05, 4.69) is 6.07 Å². The number of anilines is 1. The zero-order chi connectivity index (χ0) is 19.5. The van der Waals surface area contributed by atoms with Gasteiger partial charge in [0.1, 0.15) is 5.60 Å². The van der Waals surface area contributed by atoms with Crippen molar-refractivity contribution in [2.75, 3.05) is 18.1 Å².